The minimum absolute atomic E-state index is 0.146. The number of rotatable bonds is 0. The number of alkyl carbamates (subject to hydrolysis) is 1. The van der Waals surface area contributed by atoms with E-state index in [0.29, 0.717) is 0 Å². The summed E-state index contributed by atoms with van der Waals surface area (Å²) in [6.07, 6.45) is 4.84. The van der Waals surface area contributed by atoms with E-state index in [-0.39, 0.29) is 12.0 Å². The molecule has 0 aromatic rings. The highest BCUT2D eigenvalue weighted by Crippen LogP contribution is 2.23. The Kier molecular flexibility index (Phi) is 1.60. The van der Waals surface area contributed by atoms with E-state index >= 15 is 0 Å². The molecule has 2 unspecified atom stereocenters. The van der Waals surface area contributed by atoms with Gasteiger partial charge >= 0.3 is 12.1 Å². The lowest BCUT2D eigenvalue weighted by atomic mass is 9.89. The molecular weight excluding hydrogens is 158 g/mol. The number of esters is 1. The zero-order valence-corrected chi connectivity index (χ0v) is 6.45. The van der Waals surface area contributed by atoms with Gasteiger partial charge in [0, 0.05) is 0 Å². The Labute approximate surface area is 69.6 Å². The molecule has 0 radical (unpaired) electrons. The topological polar surface area (TPSA) is 55.4 Å². The maximum Gasteiger partial charge on any atom is 0.415 e. The molecule has 1 amide bonds. The number of hydrogen-bond acceptors (Lipinski definition) is 3. The highest BCUT2D eigenvalue weighted by Gasteiger charge is 2.36. The number of allylic oxidation sites excluding steroid dienone is 1. The Morgan fingerprint density at radius 3 is 3.17 bits per heavy atom. The van der Waals surface area contributed by atoms with Crippen LogP contribution in [-0.4, -0.2) is 18.1 Å². The third-order valence-corrected chi connectivity index (χ3v) is 2.20. The first kappa shape index (κ1) is 7.34. The van der Waals surface area contributed by atoms with Crippen molar-refractivity contribution in [3.05, 3.63) is 12.2 Å². The molecule has 2 atom stereocenters. The summed E-state index contributed by atoms with van der Waals surface area (Å²) in [5.74, 6) is -0.569. The monoisotopic (exact) mass is 167 g/mol. The van der Waals surface area contributed by atoms with Crippen LogP contribution < -0.4 is 5.32 Å². The Morgan fingerprint density at radius 2 is 2.33 bits per heavy atom. The Bertz CT molecular complexity index is 259. The average Bonchev–Trinajstić information content (AvgIpc) is 2.04. The van der Waals surface area contributed by atoms with Crippen molar-refractivity contribution in [2.24, 2.45) is 5.92 Å². The maximum absolute atomic E-state index is 11.1. The molecule has 1 N–H and O–H groups in total. The molecule has 0 aromatic carbocycles. The zero-order valence-electron chi connectivity index (χ0n) is 6.45. The van der Waals surface area contributed by atoms with Crippen LogP contribution in [0.25, 0.3) is 0 Å². The minimum atomic E-state index is -0.632. The number of nitrogens with one attached hydrogen (secondary N) is 1. The summed E-state index contributed by atoms with van der Waals surface area (Å²) in [4.78, 5) is 21.9. The molecular formula is C8H9NO3. The number of fused-ring (bicyclic) bond motifs is 1. The first-order valence-corrected chi connectivity index (χ1v) is 3.96. The Hall–Kier alpha value is -1.32. The second kappa shape index (κ2) is 2.62. The van der Waals surface area contributed by atoms with Crippen LogP contribution in [0.5, 0.6) is 0 Å². The van der Waals surface area contributed by atoms with Gasteiger partial charge in [-0.25, -0.2) is 4.79 Å². The smallest absolute Gasteiger partial charge is 0.376 e. The molecule has 1 saturated heterocycles. The van der Waals surface area contributed by atoms with Crippen molar-refractivity contribution in [1.82, 2.24) is 5.32 Å². The van der Waals surface area contributed by atoms with Crippen LogP contribution in [0.1, 0.15) is 12.8 Å². The van der Waals surface area contributed by atoms with E-state index in [0.717, 1.165) is 12.8 Å². The fraction of sp³-hybridized carbons (Fsp3) is 0.500. The molecule has 0 spiro atoms. The van der Waals surface area contributed by atoms with E-state index < -0.39 is 12.1 Å². The molecule has 4 nitrogen and oxygen atoms in total. The number of ether oxygens (including phenoxy) is 1. The van der Waals surface area contributed by atoms with Crippen LogP contribution in [0.2, 0.25) is 0 Å². The van der Waals surface area contributed by atoms with Gasteiger partial charge in [0.25, 0.3) is 0 Å². The van der Waals surface area contributed by atoms with Crippen molar-refractivity contribution in [1.29, 1.82) is 0 Å². The highest BCUT2D eigenvalue weighted by molar-refractivity contribution is 5.89. The van der Waals surface area contributed by atoms with Gasteiger partial charge < -0.3 is 10.1 Å². The summed E-state index contributed by atoms with van der Waals surface area (Å²) in [7, 11) is 0. The van der Waals surface area contributed by atoms with Crippen molar-refractivity contribution in [3.63, 3.8) is 0 Å². The number of cyclic esters (lactones) is 2. The predicted molar refractivity (Wildman–Crippen MR) is 40.3 cm³/mol. The molecule has 0 bridgehead atoms. The van der Waals surface area contributed by atoms with E-state index in [9.17, 15) is 9.59 Å². The summed E-state index contributed by atoms with van der Waals surface area (Å²) >= 11 is 0. The predicted octanol–water partition coefficient (Wildman–Crippen LogP) is 0.588. The van der Waals surface area contributed by atoms with Gasteiger partial charge in [0.15, 0.2) is 0 Å². The van der Waals surface area contributed by atoms with Crippen LogP contribution in [0.4, 0.5) is 4.79 Å². The molecule has 1 aliphatic heterocycles. The number of carbonyl (C=O) groups excluding carboxylic acids is 2. The van der Waals surface area contributed by atoms with Crippen LogP contribution in [-0.2, 0) is 9.53 Å². The minimum Gasteiger partial charge on any atom is -0.376 e. The van der Waals surface area contributed by atoms with Gasteiger partial charge in [-0.15, -0.1) is 0 Å². The van der Waals surface area contributed by atoms with Gasteiger partial charge in [0.05, 0.1) is 12.0 Å². The van der Waals surface area contributed by atoms with Crippen molar-refractivity contribution in [3.8, 4) is 0 Å². The molecule has 2 aliphatic rings. The van der Waals surface area contributed by atoms with E-state index in [4.69, 9.17) is 0 Å². The molecule has 1 fully saturated rings. The normalized spacial score (nSPS) is 33.7. The quantitative estimate of drug-likeness (QED) is 0.326. The molecule has 12 heavy (non-hydrogen) atoms. The van der Waals surface area contributed by atoms with E-state index in [1.54, 1.807) is 0 Å². The van der Waals surface area contributed by atoms with Crippen molar-refractivity contribution >= 4 is 12.1 Å². The zero-order chi connectivity index (χ0) is 8.55. The SMILES string of the molecule is O=C1NC2C=CCCC2C(=O)O1. The van der Waals surface area contributed by atoms with Crippen LogP contribution >= 0.6 is 0 Å². The Balaban J connectivity index is 2.20. The average molecular weight is 167 g/mol. The van der Waals surface area contributed by atoms with Gasteiger partial charge in [-0.3, -0.25) is 4.79 Å². The first-order chi connectivity index (χ1) is 5.77. The second-order valence-electron chi connectivity index (χ2n) is 2.99. The maximum atomic E-state index is 11.1. The molecule has 1 aliphatic carbocycles. The van der Waals surface area contributed by atoms with Gasteiger partial charge in [-0.2, -0.15) is 0 Å². The third-order valence-electron chi connectivity index (χ3n) is 2.20. The number of amides is 1. The second-order valence-corrected chi connectivity index (χ2v) is 2.99. The van der Waals surface area contributed by atoms with Crippen LogP contribution in [0.3, 0.4) is 0 Å². The standard InChI is InChI=1S/C8H9NO3/c10-7-5-3-1-2-4-6(5)9-8(11)12-7/h2,4-6H,1,3H2,(H,9,11). The molecule has 1 heterocycles. The fourth-order valence-electron chi connectivity index (χ4n) is 1.58. The fourth-order valence-corrected chi connectivity index (χ4v) is 1.58. The first-order valence-electron chi connectivity index (χ1n) is 3.96. The lowest BCUT2D eigenvalue weighted by Crippen LogP contribution is -2.50. The summed E-state index contributed by atoms with van der Waals surface area (Å²) < 4.78 is 4.43. The van der Waals surface area contributed by atoms with Crippen LogP contribution in [0.15, 0.2) is 12.2 Å². The molecule has 0 aromatic heterocycles. The molecule has 64 valence electrons. The lowest BCUT2D eigenvalue weighted by Gasteiger charge is -2.29. The van der Waals surface area contributed by atoms with Crippen molar-refractivity contribution in [2.45, 2.75) is 18.9 Å². The van der Waals surface area contributed by atoms with E-state index in [2.05, 4.69) is 10.1 Å². The summed E-state index contributed by atoms with van der Waals surface area (Å²) in [6, 6.07) is -0.146. The third kappa shape index (κ3) is 1.09. The van der Waals surface area contributed by atoms with E-state index in [1.807, 2.05) is 12.2 Å². The largest absolute Gasteiger partial charge is 0.415 e. The highest BCUT2D eigenvalue weighted by atomic mass is 16.6. The van der Waals surface area contributed by atoms with E-state index in [1.165, 1.54) is 0 Å². The van der Waals surface area contributed by atoms with Gasteiger partial charge in [-0.1, -0.05) is 12.2 Å². The van der Waals surface area contributed by atoms with Crippen LogP contribution in [0, 0.1) is 5.92 Å². The molecule has 0 saturated carbocycles. The lowest BCUT2D eigenvalue weighted by molar-refractivity contribution is -0.145. The number of carbonyl (C=O) groups is 2. The van der Waals surface area contributed by atoms with Gasteiger partial charge in [-0.05, 0) is 12.8 Å². The summed E-state index contributed by atoms with van der Waals surface area (Å²) in [6.45, 7) is 0. The van der Waals surface area contributed by atoms with Gasteiger partial charge in [0.1, 0.15) is 0 Å². The summed E-state index contributed by atoms with van der Waals surface area (Å²) in [5, 5.41) is 2.58. The Morgan fingerprint density at radius 1 is 1.50 bits per heavy atom. The molecule has 2 rings (SSSR count). The molecule has 4 heteroatoms. The van der Waals surface area contributed by atoms with Crippen molar-refractivity contribution in [2.75, 3.05) is 0 Å². The summed E-state index contributed by atoms with van der Waals surface area (Å²) in [5.41, 5.74) is 0. The van der Waals surface area contributed by atoms with Gasteiger partial charge in [0.2, 0.25) is 0 Å². The number of hydrogen-bond donors (Lipinski definition) is 1. The van der Waals surface area contributed by atoms with Crippen molar-refractivity contribution < 1.29 is 14.3 Å².